The highest BCUT2D eigenvalue weighted by Crippen LogP contribution is 2.31. The number of benzene rings is 2. The number of rotatable bonds is 6. The summed E-state index contributed by atoms with van der Waals surface area (Å²) in [6.07, 6.45) is 1.80. The average Bonchev–Trinajstić information content (AvgIpc) is 3.40. The van der Waals surface area contributed by atoms with E-state index in [9.17, 15) is 13.2 Å². The van der Waals surface area contributed by atoms with Crippen LogP contribution in [0.25, 0.3) is 10.2 Å². The Balaban J connectivity index is 1.73. The van der Waals surface area contributed by atoms with Gasteiger partial charge in [0.2, 0.25) is 0 Å². The van der Waals surface area contributed by atoms with Gasteiger partial charge in [0, 0.05) is 12.2 Å². The van der Waals surface area contributed by atoms with Crippen molar-refractivity contribution in [3.8, 4) is 0 Å². The van der Waals surface area contributed by atoms with Crippen molar-refractivity contribution in [2.45, 2.75) is 37.7 Å². The Kier molecular flexibility index (Phi) is 5.90. The van der Waals surface area contributed by atoms with Gasteiger partial charge in [-0.2, -0.15) is 0 Å². The SMILES string of the molecule is CCS(=O)(=O)c1cccc(C(=O)N(CC2CCCO2)c2nc3ccc(C)cc3s2)c1. The minimum atomic E-state index is -3.40. The van der Waals surface area contributed by atoms with Crippen LogP contribution in [0.4, 0.5) is 5.13 Å². The zero-order chi connectivity index (χ0) is 21.3. The molecule has 0 N–H and O–H groups in total. The Bertz CT molecular complexity index is 1180. The summed E-state index contributed by atoms with van der Waals surface area (Å²) in [6, 6.07) is 12.3. The lowest BCUT2D eigenvalue weighted by molar-refractivity contribution is 0.0917. The minimum absolute atomic E-state index is 0.0124. The molecule has 0 bridgehead atoms. The number of sulfone groups is 1. The maximum atomic E-state index is 13.5. The number of amides is 1. The predicted molar refractivity (Wildman–Crippen MR) is 119 cm³/mol. The highest BCUT2D eigenvalue weighted by atomic mass is 32.2. The van der Waals surface area contributed by atoms with Gasteiger partial charge in [0.05, 0.1) is 33.5 Å². The Morgan fingerprint density at radius 2 is 2.10 bits per heavy atom. The summed E-state index contributed by atoms with van der Waals surface area (Å²) in [6.45, 7) is 4.70. The van der Waals surface area contributed by atoms with E-state index in [1.54, 1.807) is 24.0 Å². The van der Waals surface area contributed by atoms with Crippen LogP contribution in [0, 0.1) is 6.92 Å². The van der Waals surface area contributed by atoms with Gasteiger partial charge in [-0.25, -0.2) is 13.4 Å². The number of carbonyl (C=O) groups is 1. The monoisotopic (exact) mass is 444 g/mol. The van der Waals surface area contributed by atoms with Crippen LogP contribution in [0.2, 0.25) is 0 Å². The van der Waals surface area contributed by atoms with E-state index in [0.717, 1.165) is 28.6 Å². The molecule has 6 nitrogen and oxygen atoms in total. The Labute approximate surface area is 180 Å². The molecular formula is C22H24N2O4S2. The second kappa shape index (κ2) is 8.45. The number of nitrogens with zero attached hydrogens (tertiary/aromatic N) is 2. The summed E-state index contributed by atoms with van der Waals surface area (Å²) in [4.78, 5) is 20.0. The number of thiazole rings is 1. The van der Waals surface area contributed by atoms with E-state index in [2.05, 4.69) is 11.1 Å². The summed E-state index contributed by atoms with van der Waals surface area (Å²) in [5, 5.41) is 0.597. The summed E-state index contributed by atoms with van der Waals surface area (Å²) in [5.41, 5.74) is 2.30. The number of fused-ring (bicyclic) bond motifs is 1. The van der Waals surface area contributed by atoms with Gasteiger partial charge in [0.15, 0.2) is 15.0 Å². The number of carbonyl (C=O) groups excluding carboxylic acids is 1. The van der Waals surface area contributed by atoms with Crippen LogP contribution in [-0.4, -0.2) is 44.3 Å². The molecule has 1 atom stereocenters. The Morgan fingerprint density at radius 1 is 1.27 bits per heavy atom. The van der Waals surface area contributed by atoms with Gasteiger partial charge >= 0.3 is 0 Å². The molecule has 8 heteroatoms. The zero-order valence-electron chi connectivity index (χ0n) is 17.0. The van der Waals surface area contributed by atoms with Crippen LogP contribution in [0.5, 0.6) is 0 Å². The van der Waals surface area contributed by atoms with Crippen molar-refractivity contribution in [3.63, 3.8) is 0 Å². The first-order chi connectivity index (χ1) is 14.4. The van der Waals surface area contributed by atoms with E-state index < -0.39 is 9.84 Å². The van der Waals surface area contributed by atoms with Crippen LogP contribution in [0.1, 0.15) is 35.7 Å². The summed E-state index contributed by atoms with van der Waals surface area (Å²) in [7, 11) is -3.40. The first-order valence-corrected chi connectivity index (χ1v) is 12.5. The van der Waals surface area contributed by atoms with E-state index in [0.29, 0.717) is 23.8 Å². The fraction of sp³-hybridized carbons (Fsp3) is 0.364. The van der Waals surface area contributed by atoms with Gasteiger partial charge in [-0.1, -0.05) is 30.4 Å². The molecule has 1 amide bonds. The van der Waals surface area contributed by atoms with Crippen molar-refractivity contribution in [1.82, 2.24) is 4.98 Å². The number of hydrogen-bond acceptors (Lipinski definition) is 6. The fourth-order valence-electron chi connectivity index (χ4n) is 3.52. The van der Waals surface area contributed by atoms with E-state index in [1.807, 2.05) is 19.1 Å². The van der Waals surface area contributed by atoms with Gasteiger partial charge in [-0.05, 0) is 55.7 Å². The van der Waals surface area contributed by atoms with E-state index in [4.69, 9.17) is 4.74 Å². The standard InChI is InChI=1S/C22H24N2O4S2/c1-3-30(26,27)18-8-4-6-16(13-18)21(25)24(14-17-7-5-11-28-17)22-23-19-10-9-15(2)12-20(19)29-22/h4,6,8-10,12-13,17H,3,5,7,11,14H2,1-2H3. The Hall–Kier alpha value is -2.29. The molecular weight excluding hydrogens is 420 g/mol. The molecule has 3 aromatic rings. The first kappa shape index (κ1) is 21.0. The number of anilines is 1. The second-order valence-corrected chi connectivity index (χ2v) is 10.7. The summed E-state index contributed by atoms with van der Waals surface area (Å²) >= 11 is 1.46. The van der Waals surface area contributed by atoms with Gasteiger partial charge in [-0.3, -0.25) is 9.69 Å². The van der Waals surface area contributed by atoms with Crippen molar-refractivity contribution in [1.29, 1.82) is 0 Å². The van der Waals surface area contributed by atoms with E-state index in [1.165, 1.54) is 23.5 Å². The van der Waals surface area contributed by atoms with Crippen molar-refractivity contribution in [2.75, 3.05) is 23.8 Å². The number of ether oxygens (including phenoxy) is 1. The molecule has 1 saturated heterocycles. The number of aromatic nitrogens is 1. The van der Waals surface area contributed by atoms with Crippen LogP contribution in [0.15, 0.2) is 47.4 Å². The smallest absolute Gasteiger partial charge is 0.260 e. The molecule has 1 unspecified atom stereocenters. The third-order valence-electron chi connectivity index (χ3n) is 5.24. The van der Waals surface area contributed by atoms with Crippen LogP contribution >= 0.6 is 11.3 Å². The lowest BCUT2D eigenvalue weighted by Crippen LogP contribution is -2.37. The molecule has 1 aromatic heterocycles. The van der Waals surface area contributed by atoms with E-state index >= 15 is 0 Å². The van der Waals surface area contributed by atoms with Crippen molar-refractivity contribution >= 4 is 42.4 Å². The fourth-order valence-corrected chi connectivity index (χ4v) is 5.52. The topological polar surface area (TPSA) is 76.6 Å². The molecule has 0 aliphatic carbocycles. The molecule has 2 heterocycles. The normalized spacial score (nSPS) is 16.8. The molecule has 158 valence electrons. The third kappa shape index (κ3) is 4.26. The highest BCUT2D eigenvalue weighted by Gasteiger charge is 2.27. The predicted octanol–water partition coefficient (Wildman–Crippen LogP) is 4.22. The number of aryl methyl sites for hydroxylation is 1. The zero-order valence-corrected chi connectivity index (χ0v) is 18.6. The largest absolute Gasteiger partial charge is 0.376 e. The number of hydrogen-bond donors (Lipinski definition) is 0. The van der Waals surface area contributed by atoms with Crippen LogP contribution in [-0.2, 0) is 14.6 Å². The van der Waals surface area contributed by atoms with Crippen LogP contribution < -0.4 is 4.90 Å². The molecule has 1 fully saturated rings. The lowest BCUT2D eigenvalue weighted by Gasteiger charge is -2.23. The molecule has 0 radical (unpaired) electrons. The molecule has 1 aliphatic heterocycles. The van der Waals surface area contributed by atoms with Crippen molar-refractivity contribution in [2.24, 2.45) is 0 Å². The van der Waals surface area contributed by atoms with Gasteiger partial charge in [0.1, 0.15) is 0 Å². The van der Waals surface area contributed by atoms with Gasteiger partial charge in [0.25, 0.3) is 5.91 Å². The Morgan fingerprint density at radius 3 is 2.83 bits per heavy atom. The maximum absolute atomic E-state index is 13.5. The third-order valence-corrected chi connectivity index (χ3v) is 8.01. The van der Waals surface area contributed by atoms with Gasteiger partial charge in [-0.15, -0.1) is 0 Å². The summed E-state index contributed by atoms with van der Waals surface area (Å²) in [5.74, 6) is -0.281. The minimum Gasteiger partial charge on any atom is -0.376 e. The van der Waals surface area contributed by atoms with E-state index in [-0.39, 0.29) is 22.7 Å². The average molecular weight is 445 g/mol. The molecule has 1 aliphatic rings. The molecule has 2 aromatic carbocycles. The quantitative estimate of drug-likeness (QED) is 0.569. The molecule has 0 spiro atoms. The molecule has 30 heavy (non-hydrogen) atoms. The van der Waals surface area contributed by atoms with Crippen LogP contribution in [0.3, 0.4) is 0 Å². The van der Waals surface area contributed by atoms with Crippen molar-refractivity contribution in [3.05, 3.63) is 53.6 Å². The molecule has 0 saturated carbocycles. The first-order valence-electron chi connectivity index (χ1n) is 10.0. The summed E-state index contributed by atoms with van der Waals surface area (Å²) < 4.78 is 31.4. The second-order valence-electron chi connectivity index (χ2n) is 7.45. The molecule has 4 rings (SSSR count). The van der Waals surface area contributed by atoms with Gasteiger partial charge < -0.3 is 4.74 Å². The lowest BCUT2D eigenvalue weighted by atomic mass is 10.2. The highest BCUT2D eigenvalue weighted by molar-refractivity contribution is 7.91. The van der Waals surface area contributed by atoms with Crippen molar-refractivity contribution < 1.29 is 17.9 Å². The maximum Gasteiger partial charge on any atom is 0.260 e.